The topological polar surface area (TPSA) is 38.5 Å². The Labute approximate surface area is 111 Å². The Morgan fingerprint density at radius 3 is 2.82 bits per heavy atom. The highest BCUT2D eigenvalue weighted by atomic mass is 79.9. The van der Waals surface area contributed by atoms with Crippen LogP contribution in [0.1, 0.15) is 12.5 Å². The molecule has 0 saturated carbocycles. The first-order valence-electron chi connectivity index (χ1n) is 5.90. The highest BCUT2D eigenvalue weighted by Gasteiger charge is 2.26. The van der Waals surface area contributed by atoms with Gasteiger partial charge in [-0.1, -0.05) is 28.9 Å². The standard InChI is InChI=1S/C13H19BrN2O/c1-9-6-16(8-12(9)15)7-10-3-4-11(14)5-13(10)17-2/h3-5,9,12H,6-8,15H2,1-2H3. The number of hydrogen-bond donors (Lipinski definition) is 1. The van der Waals surface area contributed by atoms with Crippen molar-refractivity contribution in [3.05, 3.63) is 28.2 Å². The minimum absolute atomic E-state index is 0.302. The maximum absolute atomic E-state index is 6.04. The quantitative estimate of drug-likeness (QED) is 0.930. The molecule has 0 amide bonds. The van der Waals surface area contributed by atoms with Crippen molar-refractivity contribution in [2.45, 2.75) is 19.5 Å². The molecule has 0 aliphatic carbocycles. The fraction of sp³-hybridized carbons (Fsp3) is 0.538. The van der Waals surface area contributed by atoms with Gasteiger partial charge in [0.1, 0.15) is 5.75 Å². The van der Waals surface area contributed by atoms with Crippen LogP contribution in [0.4, 0.5) is 0 Å². The van der Waals surface area contributed by atoms with Gasteiger partial charge in [-0.3, -0.25) is 4.90 Å². The third-order valence-corrected chi connectivity index (χ3v) is 3.88. The second-order valence-corrected chi connectivity index (χ2v) is 5.71. The van der Waals surface area contributed by atoms with Crippen molar-refractivity contribution < 1.29 is 4.74 Å². The number of nitrogens with zero attached hydrogens (tertiary/aromatic N) is 1. The lowest BCUT2D eigenvalue weighted by Crippen LogP contribution is -2.28. The number of rotatable bonds is 3. The molecule has 1 fully saturated rings. The van der Waals surface area contributed by atoms with Crippen LogP contribution in [0.15, 0.2) is 22.7 Å². The molecule has 2 atom stereocenters. The predicted octanol–water partition coefficient (Wildman–Crippen LogP) is 2.24. The van der Waals surface area contributed by atoms with Gasteiger partial charge in [0.2, 0.25) is 0 Å². The van der Waals surface area contributed by atoms with Crippen LogP contribution >= 0.6 is 15.9 Å². The van der Waals surface area contributed by atoms with Crippen LogP contribution in [0.2, 0.25) is 0 Å². The van der Waals surface area contributed by atoms with Gasteiger partial charge in [0, 0.05) is 35.7 Å². The summed E-state index contributed by atoms with van der Waals surface area (Å²) in [5.74, 6) is 1.52. The summed E-state index contributed by atoms with van der Waals surface area (Å²) in [7, 11) is 1.71. The molecule has 1 aromatic carbocycles. The fourth-order valence-corrected chi connectivity index (χ4v) is 2.65. The third-order valence-electron chi connectivity index (χ3n) is 3.39. The smallest absolute Gasteiger partial charge is 0.124 e. The van der Waals surface area contributed by atoms with Gasteiger partial charge in [0.15, 0.2) is 0 Å². The SMILES string of the molecule is COc1cc(Br)ccc1CN1CC(C)C(N)C1. The summed E-state index contributed by atoms with van der Waals surface area (Å²) in [6, 6.07) is 6.47. The van der Waals surface area contributed by atoms with E-state index in [-0.39, 0.29) is 0 Å². The summed E-state index contributed by atoms with van der Waals surface area (Å²) >= 11 is 3.46. The predicted molar refractivity (Wildman–Crippen MR) is 73.1 cm³/mol. The average Bonchev–Trinajstić information content (AvgIpc) is 2.60. The minimum Gasteiger partial charge on any atom is -0.496 e. The molecule has 94 valence electrons. The molecule has 1 heterocycles. The largest absolute Gasteiger partial charge is 0.496 e. The van der Waals surface area contributed by atoms with E-state index in [9.17, 15) is 0 Å². The van der Waals surface area contributed by atoms with Crippen LogP contribution in [0, 0.1) is 5.92 Å². The Morgan fingerprint density at radius 2 is 2.24 bits per heavy atom. The zero-order valence-corrected chi connectivity index (χ0v) is 11.9. The molecular weight excluding hydrogens is 280 g/mol. The van der Waals surface area contributed by atoms with E-state index in [4.69, 9.17) is 10.5 Å². The number of nitrogens with two attached hydrogens (primary N) is 1. The molecule has 0 bridgehead atoms. The summed E-state index contributed by atoms with van der Waals surface area (Å²) in [5, 5.41) is 0. The maximum Gasteiger partial charge on any atom is 0.124 e. The first-order valence-corrected chi connectivity index (χ1v) is 6.70. The second kappa shape index (κ2) is 5.38. The molecule has 1 aliphatic rings. The first-order chi connectivity index (χ1) is 8.10. The van der Waals surface area contributed by atoms with E-state index >= 15 is 0 Å². The molecule has 2 N–H and O–H groups in total. The molecule has 0 radical (unpaired) electrons. The van der Waals surface area contributed by atoms with Gasteiger partial charge in [-0.2, -0.15) is 0 Å². The van der Waals surface area contributed by atoms with Crippen LogP contribution in [-0.4, -0.2) is 31.1 Å². The average molecular weight is 299 g/mol. The molecule has 1 aromatic rings. The van der Waals surface area contributed by atoms with Gasteiger partial charge in [-0.05, 0) is 18.1 Å². The van der Waals surface area contributed by atoms with Crippen molar-refractivity contribution in [3.8, 4) is 5.75 Å². The van der Waals surface area contributed by atoms with Gasteiger partial charge in [-0.25, -0.2) is 0 Å². The molecule has 4 heteroatoms. The van der Waals surface area contributed by atoms with Crippen molar-refractivity contribution in [1.82, 2.24) is 4.90 Å². The van der Waals surface area contributed by atoms with E-state index in [0.29, 0.717) is 12.0 Å². The van der Waals surface area contributed by atoms with Gasteiger partial charge in [0.05, 0.1) is 7.11 Å². The zero-order chi connectivity index (χ0) is 12.4. The van der Waals surface area contributed by atoms with E-state index in [1.54, 1.807) is 7.11 Å². The lowest BCUT2D eigenvalue weighted by molar-refractivity contribution is 0.310. The summed E-state index contributed by atoms with van der Waals surface area (Å²) in [5.41, 5.74) is 7.26. The van der Waals surface area contributed by atoms with E-state index in [1.807, 2.05) is 6.07 Å². The van der Waals surface area contributed by atoms with E-state index in [2.05, 4.69) is 39.9 Å². The Kier molecular flexibility index (Phi) is 4.07. The van der Waals surface area contributed by atoms with Crippen molar-refractivity contribution in [1.29, 1.82) is 0 Å². The van der Waals surface area contributed by atoms with E-state index in [1.165, 1.54) is 5.56 Å². The van der Waals surface area contributed by atoms with Crippen LogP contribution in [0.3, 0.4) is 0 Å². The molecular formula is C13H19BrN2O. The van der Waals surface area contributed by atoms with Crippen molar-refractivity contribution in [2.75, 3.05) is 20.2 Å². The van der Waals surface area contributed by atoms with E-state index < -0.39 is 0 Å². The summed E-state index contributed by atoms with van der Waals surface area (Å²) in [6.07, 6.45) is 0. The molecule has 2 unspecified atom stereocenters. The molecule has 17 heavy (non-hydrogen) atoms. The highest BCUT2D eigenvalue weighted by Crippen LogP contribution is 2.26. The molecule has 1 aliphatic heterocycles. The number of benzene rings is 1. The van der Waals surface area contributed by atoms with Crippen molar-refractivity contribution in [2.24, 2.45) is 11.7 Å². The molecule has 0 aromatic heterocycles. The first kappa shape index (κ1) is 12.9. The Balaban J connectivity index is 2.09. The molecule has 3 nitrogen and oxygen atoms in total. The Hall–Kier alpha value is -0.580. The number of ether oxygens (including phenoxy) is 1. The van der Waals surface area contributed by atoms with Crippen LogP contribution in [0.5, 0.6) is 5.75 Å². The van der Waals surface area contributed by atoms with Gasteiger partial charge >= 0.3 is 0 Å². The number of halogens is 1. The van der Waals surface area contributed by atoms with Crippen LogP contribution in [0.25, 0.3) is 0 Å². The zero-order valence-electron chi connectivity index (χ0n) is 10.3. The number of hydrogen-bond acceptors (Lipinski definition) is 3. The monoisotopic (exact) mass is 298 g/mol. The second-order valence-electron chi connectivity index (χ2n) is 4.79. The third kappa shape index (κ3) is 3.00. The Bertz CT molecular complexity index is 387. The van der Waals surface area contributed by atoms with Gasteiger partial charge < -0.3 is 10.5 Å². The highest BCUT2D eigenvalue weighted by molar-refractivity contribution is 9.10. The Morgan fingerprint density at radius 1 is 1.47 bits per heavy atom. The maximum atomic E-state index is 6.04. The molecule has 2 rings (SSSR count). The lowest BCUT2D eigenvalue weighted by Gasteiger charge is -2.17. The van der Waals surface area contributed by atoms with E-state index in [0.717, 1.165) is 29.9 Å². The lowest BCUT2D eigenvalue weighted by atomic mass is 10.1. The minimum atomic E-state index is 0.302. The normalized spacial score (nSPS) is 25.2. The van der Waals surface area contributed by atoms with Crippen molar-refractivity contribution in [3.63, 3.8) is 0 Å². The number of likely N-dealkylation sites (tertiary alicyclic amines) is 1. The summed E-state index contributed by atoms with van der Waals surface area (Å²) < 4.78 is 6.45. The van der Waals surface area contributed by atoms with Crippen LogP contribution < -0.4 is 10.5 Å². The summed E-state index contributed by atoms with van der Waals surface area (Å²) in [4.78, 5) is 2.39. The summed E-state index contributed by atoms with van der Waals surface area (Å²) in [6.45, 7) is 5.17. The van der Waals surface area contributed by atoms with Crippen LogP contribution in [-0.2, 0) is 6.54 Å². The van der Waals surface area contributed by atoms with Gasteiger partial charge in [0.25, 0.3) is 0 Å². The van der Waals surface area contributed by atoms with Crippen molar-refractivity contribution >= 4 is 15.9 Å². The molecule has 0 spiro atoms. The molecule has 1 saturated heterocycles. The number of methoxy groups -OCH3 is 1. The van der Waals surface area contributed by atoms with Gasteiger partial charge in [-0.15, -0.1) is 0 Å². The fourth-order valence-electron chi connectivity index (χ4n) is 2.31.